The lowest BCUT2D eigenvalue weighted by atomic mass is 9.88. The Morgan fingerprint density at radius 3 is 2.33 bits per heavy atom. The van der Waals surface area contributed by atoms with E-state index in [2.05, 4.69) is 26.1 Å². The van der Waals surface area contributed by atoms with Crippen molar-refractivity contribution in [2.45, 2.75) is 72.0 Å². The number of piperazine rings is 1. The Hall–Kier alpha value is -1.06. The lowest BCUT2D eigenvalue weighted by Crippen LogP contribution is -2.69. The van der Waals surface area contributed by atoms with Gasteiger partial charge >= 0.3 is 0 Å². The topological polar surface area (TPSA) is 49.4 Å². The Morgan fingerprint density at radius 1 is 1.33 bits per heavy atom. The molecule has 0 saturated carbocycles. The molecule has 0 radical (unpaired) electrons. The van der Waals surface area contributed by atoms with Crippen LogP contribution in [0.1, 0.15) is 54.4 Å². The summed E-state index contributed by atoms with van der Waals surface area (Å²) in [5.74, 6) is 0.130. The zero-order valence-electron chi connectivity index (χ0n) is 12.4. The van der Waals surface area contributed by atoms with E-state index in [1.54, 1.807) is 6.92 Å². The molecule has 1 heterocycles. The molecule has 18 heavy (non-hydrogen) atoms. The second-order valence-corrected chi connectivity index (χ2v) is 6.19. The SMILES string of the molecule is CCCC(C)(C)N1C(=O)C(C)NC(=O)C1C(C)C. The largest absolute Gasteiger partial charge is 0.343 e. The van der Waals surface area contributed by atoms with Crippen molar-refractivity contribution in [2.75, 3.05) is 0 Å². The third-order valence-corrected chi connectivity index (χ3v) is 3.66. The van der Waals surface area contributed by atoms with Gasteiger partial charge in [-0.3, -0.25) is 9.59 Å². The van der Waals surface area contributed by atoms with Gasteiger partial charge in [-0.1, -0.05) is 27.2 Å². The van der Waals surface area contributed by atoms with Crippen molar-refractivity contribution in [2.24, 2.45) is 5.92 Å². The summed E-state index contributed by atoms with van der Waals surface area (Å²) in [6.45, 7) is 11.9. The number of nitrogens with one attached hydrogen (secondary N) is 1. The first-order chi connectivity index (χ1) is 8.22. The monoisotopic (exact) mass is 254 g/mol. The van der Waals surface area contributed by atoms with Crippen LogP contribution in [0.25, 0.3) is 0 Å². The second kappa shape index (κ2) is 5.29. The normalized spacial score (nSPS) is 25.6. The zero-order valence-corrected chi connectivity index (χ0v) is 12.4. The van der Waals surface area contributed by atoms with Gasteiger partial charge in [-0.15, -0.1) is 0 Å². The smallest absolute Gasteiger partial charge is 0.245 e. The predicted octanol–water partition coefficient (Wildman–Crippen LogP) is 1.94. The summed E-state index contributed by atoms with van der Waals surface area (Å²) in [4.78, 5) is 26.4. The average molecular weight is 254 g/mol. The maximum atomic E-state index is 12.4. The van der Waals surface area contributed by atoms with Gasteiger partial charge in [0.25, 0.3) is 0 Å². The Morgan fingerprint density at radius 2 is 1.89 bits per heavy atom. The maximum Gasteiger partial charge on any atom is 0.245 e. The number of hydrogen-bond donors (Lipinski definition) is 1. The number of carbonyl (C=O) groups excluding carboxylic acids is 2. The van der Waals surface area contributed by atoms with Crippen LogP contribution in [0.15, 0.2) is 0 Å². The molecule has 0 spiro atoms. The zero-order chi connectivity index (χ0) is 14.1. The quantitative estimate of drug-likeness (QED) is 0.833. The number of rotatable bonds is 4. The molecule has 1 saturated heterocycles. The Labute approximate surface area is 110 Å². The number of nitrogens with zero attached hydrogens (tertiary/aromatic N) is 1. The van der Waals surface area contributed by atoms with Gasteiger partial charge in [-0.2, -0.15) is 0 Å². The summed E-state index contributed by atoms with van der Waals surface area (Å²) >= 11 is 0. The average Bonchev–Trinajstić information content (AvgIpc) is 2.21. The van der Waals surface area contributed by atoms with Gasteiger partial charge in [0.1, 0.15) is 12.1 Å². The molecule has 0 aromatic carbocycles. The molecule has 2 amide bonds. The standard InChI is InChI=1S/C14H26N2O2/c1-7-8-14(5,6)16-11(9(2)3)12(17)15-10(4)13(16)18/h9-11H,7-8H2,1-6H3,(H,15,17). The minimum atomic E-state index is -0.413. The van der Waals surface area contributed by atoms with Crippen molar-refractivity contribution in [3.05, 3.63) is 0 Å². The van der Waals surface area contributed by atoms with Crippen molar-refractivity contribution < 1.29 is 9.59 Å². The van der Waals surface area contributed by atoms with Crippen LogP contribution in [0.4, 0.5) is 0 Å². The lowest BCUT2D eigenvalue weighted by molar-refractivity contribution is -0.158. The first kappa shape index (κ1) is 15.0. The van der Waals surface area contributed by atoms with Gasteiger partial charge in [0.15, 0.2) is 0 Å². The fourth-order valence-electron chi connectivity index (χ4n) is 2.83. The van der Waals surface area contributed by atoms with Crippen LogP contribution in [0.2, 0.25) is 0 Å². The van der Waals surface area contributed by atoms with Gasteiger partial charge in [-0.05, 0) is 33.1 Å². The molecule has 1 N–H and O–H groups in total. The minimum absolute atomic E-state index is 0.0266. The fourth-order valence-corrected chi connectivity index (χ4v) is 2.83. The van der Waals surface area contributed by atoms with E-state index in [0.29, 0.717) is 0 Å². The van der Waals surface area contributed by atoms with Crippen LogP contribution < -0.4 is 5.32 Å². The molecule has 0 aromatic heterocycles. The second-order valence-electron chi connectivity index (χ2n) is 6.19. The molecule has 1 rings (SSSR count). The van der Waals surface area contributed by atoms with Crippen LogP contribution in [-0.4, -0.2) is 34.3 Å². The van der Waals surface area contributed by atoms with E-state index in [1.807, 2.05) is 18.7 Å². The number of amides is 2. The van der Waals surface area contributed by atoms with Gasteiger partial charge in [0, 0.05) is 5.54 Å². The molecule has 104 valence electrons. The molecule has 1 aliphatic rings. The van der Waals surface area contributed by atoms with E-state index >= 15 is 0 Å². The van der Waals surface area contributed by atoms with Crippen molar-refractivity contribution in [1.29, 1.82) is 0 Å². The molecule has 0 aliphatic carbocycles. The van der Waals surface area contributed by atoms with Crippen LogP contribution >= 0.6 is 0 Å². The van der Waals surface area contributed by atoms with E-state index in [1.165, 1.54) is 0 Å². The van der Waals surface area contributed by atoms with Crippen molar-refractivity contribution in [3.8, 4) is 0 Å². The summed E-state index contributed by atoms with van der Waals surface area (Å²) in [5, 5.41) is 2.77. The summed E-state index contributed by atoms with van der Waals surface area (Å²) in [5.41, 5.74) is -0.271. The van der Waals surface area contributed by atoms with E-state index < -0.39 is 6.04 Å². The molecular formula is C14H26N2O2. The van der Waals surface area contributed by atoms with Crippen molar-refractivity contribution in [1.82, 2.24) is 10.2 Å². The third kappa shape index (κ3) is 2.68. The van der Waals surface area contributed by atoms with Gasteiger partial charge in [0.2, 0.25) is 11.8 Å². The van der Waals surface area contributed by atoms with E-state index in [0.717, 1.165) is 12.8 Å². The van der Waals surface area contributed by atoms with Crippen molar-refractivity contribution >= 4 is 11.8 Å². The highest BCUT2D eigenvalue weighted by Gasteiger charge is 2.46. The summed E-state index contributed by atoms with van der Waals surface area (Å²) in [6, 6.07) is -0.765. The molecular weight excluding hydrogens is 228 g/mol. The fraction of sp³-hybridized carbons (Fsp3) is 0.857. The van der Waals surface area contributed by atoms with E-state index in [-0.39, 0.29) is 29.3 Å². The van der Waals surface area contributed by atoms with Crippen LogP contribution in [0.3, 0.4) is 0 Å². The van der Waals surface area contributed by atoms with Gasteiger partial charge < -0.3 is 10.2 Å². The molecule has 1 fully saturated rings. The summed E-state index contributed by atoms with van der Waals surface area (Å²) < 4.78 is 0. The third-order valence-electron chi connectivity index (χ3n) is 3.66. The molecule has 0 bridgehead atoms. The highest BCUT2D eigenvalue weighted by molar-refractivity contribution is 5.97. The molecule has 2 atom stereocenters. The van der Waals surface area contributed by atoms with Gasteiger partial charge in [0.05, 0.1) is 0 Å². The highest BCUT2D eigenvalue weighted by Crippen LogP contribution is 2.29. The first-order valence-corrected chi connectivity index (χ1v) is 6.86. The van der Waals surface area contributed by atoms with Gasteiger partial charge in [-0.25, -0.2) is 0 Å². The Bertz CT molecular complexity index is 337. The highest BCUT2D eigenvalue weighted by atomic mass is 16.2. The lowest BCUT2D eigenvalue weighted by Gasteiger charge is -2.48. The van der Waals surface area contributed by atoms with Crippen LogP contribution in [0, 0.1) is 5.92 Å². The summed E-state index contributed by atoms with van der Waals surface area (Å²) in [6.07, 6.45) is 1.90. The predicted molar refractivity (Wildman–Crippen MR) is 72.1 cm³/mol. The molecule has 4 heteroatoms. The molecule has 2 unspecified atom stereocenters. The Kier molecular flexibility index (Phi) is 4.41. The van der Waals surface area contributed by atoms with E-state index in [9.17, 15) is 9.59 Å². The maximum absolute atomic E-state index is 12.4. The molecule has 1 aliphatic heterocycles. The van der Waals surface area contributed by atoms with Crippen LogP contribution in [0.5, 0.6) is 0 Å². The minimum Gasteiger partial charge on any atom is -0.343 e. The van der Waals surface area contributed by atoms with Crippen LogP contribution in [-0.2, 0) is 9.59 Å². The Balaban J connectivity index is 3.13. The first-order valence-electron chi connectivity index (χ1n) is 6.86. The molecule has 0 aromatic rings. The number of hydrogen-bond acceptors (Lipinski definition) is 2. The van der Waals surface area contributed by atoms with Crippen molar-refractivity contribution in [3.63, 3.8) is 0 Å². The number of carbonyl (C=O) groups is 2. The van der Waals surface area contributed by atoms with E-state index in [4.69, 9.17) is 0 Å². The molecule has 4 nitrogen and oxygen atoms in total. The summed E-state index contributed by atoms with van der Waals surface area (Å²) in [7, 11) is 0.